The molecule has 2 aromatic rings. The van der Waals surface area contributed by atoms with Crippen molar-refractivity contribution < 1.29 is 13.2 Å². The molecule has 0 amide bonds. The summed E-state index contributed by atoms with van der Waals surface area (Å²) in [4.78, 5) is 2.36. The highest BCUT2D eigenvalue weighted by atomic mass is 32.2. The minimum absolute atomic E-state index is 0.183. The van der Waals surface area contributed by atoms with E-state index in [0.29, 0.717) is 5.75 Å². The third-order valence-electron chi connectivity index (χ3n) is 4.01. The molecule has 1 aromatic heterocycles. The molecule has 23 heavy (non-hydrogen) atoms. The largest absolute Gasteiger partial charge is 0.495 e. The number of ether oxygens (including phenoxy) is 1. The molecule has 6 nitrogen and oxygen atoms in total. The third kappa shape index (κ3) is 3.07. The number of rotatable bonds is 4. The van der Waals surface area contributed by atoms with Crippen LogP contribution < -0.4 is 15.0 Å². The maximum atomic E-state index is 12.9. The van der Waals surface area contributed by atoms with Crippen molar-refractivity contribution in [1.29, 1.82) is 0 Å². The summed E-state index contributed by atoms with van der Waals surface area (Å²) in [5.41, 5.74) is 1.79. The average molecular weight is 335 g/mol. The first-order valence-corrected chi connectivity index (χ1v) is 9.00. The van der Waals surface area contributed by atoms with E-state index in [-0.39, 0.29) is 4.90 Å². The summed E-state index contributed by atoms with van der Waals surface area (Å²) in [6.07, 6.45) is 3.26. The topological polar surface area (TPSA) is 63.6 Å². The lowest BCUT2D eigenvalue weighted by molar-refractivity contribution is 0.402. The van der Waals surface area contributed by atoms with Gasteiger partial charge in [0, 0.05) is 38.6 Å². The maximum absolute atomic E-state index is 12.9. The zero-order valence-electron chi connectivity index (χ0n) is 13.3. The number of aromatic nitrogens is 1. The summed E-state index contributed by atoms with van der Waals surface area (Å²) in [5, 5.41) is 3.29. The van der Waals surface area contributed by atoms with Crippen LogP contribution in [0.3, 0.4) is 0 Å². The Balaban J connectivity index is 1.97. The second-order valence-electron chi connectivity index (χ2n) is 5.60. The molecule has 2 heterocycles. The summed E-state index contributed by atoms with van der Waals surface area (Å²) in [6.45, 7) is 5.42. The Morgan fingerprint density at radius 2 is 1.91 bits per heavy atom. The third-order valence-corrected chi connectivity index (χ3v) is 5.67. The van der Waals surface area contributed by atoms with Gasteiger partial charge in [-0.25, -0.2) is 12.4 Å². The van der Waals surface area contributed by atoms with Crippen molar-refractivity contribution in [2.75, 3.05) is 38.2 Å². The van der Waals surface area contributed by atoms with E-state index in [2.05, 4.69) is 10.2 Å². The van der Waals surface area contributed by atoms with Crippen LogP contribution in [0.15, 0.2) is 41.6 Å². The fourth-order valence-corrected chi connectivity index (χ4v) is 4.16. The highest BCUT2D eigenvalue weighted by Gasteiger charge is 2.23. The van der Waals surface area contributed by atoms with Gasteiger partial charge >= 0.3 is 0 Å². The van der Waals surface area contributed by atoms with Crippen LogP contribution in [0, 0.1) is 6.92 Å². The highest BCUT2D eigenvalue weighted by Crippen LogP contribution is 2.28. The molecule has 3 rings (SSSR count). The van der Waals surface area contributed by atoms with Crippen molar-refractivity contribution in [2.24, 2.45) is 0 Å². The fraction of sp³-hybridized carbons (Fsp3) is 0.375. The standard InChI is InChI=1S/C16H21N3O3S/c1-13-3-4-15(22-2)16(11-13)23(20,21)19-8-5-14(12-19)18-9-6-17-7-10-18/h3-5,8,11-12,17H,6-7,9-10H2,1-2H3. The lowest BCUT2D eigenvalue weighted by Gasteiger charge is -2.28. The monoisotopic (exact) mass is 335 g/mol. The summed E-state index contributed by atoms with van der Waals surface area (Å²) >= 11 is 0. The molecule has 0 radical (unpaired) electrons. The van der Waals surface area contributed by atoms with E-state index < -0.39 is 10.0 Å². The van der Waals surface area contributed by atoms with Gasteiger partial charge in [-0.15, -0.1) is 0 Å². The van der Waals surface area contributed by atoms with E-state index in [0.717, 1.165) is 37.4 Å². The molecule has 1 aliphatic rings. The fourth-order valence-electron chi connectivity index (χ4n) is 2.72. The van der Waals surface area contributed by atoms with Crippen molar-refractivity contribution in [3.63, 3.8) is 0 Å². The van der Waals surface area contributed by atoms with Crippen LogP contribution in [-0.4, -0.2) is 45.7 Å². The van der Waals surface area contributed by atoms with E-state index in [9.17, 15) is 8.42 Å². The van der Waals surface area contributed by atoms with Crippen molar-refractivity contribution in [1.82, 2.24) is 9.29 Å². The lowest BCUT2D eigenvalue weighted by Crippen LogP contribution is -2.43. The normalized spacial score (nSPS) is 15.7. The van der Waals surface area contributed by atoms with Crippen LogP contribution in [0.2, 0.25) is 0 Å². The molecule has 0 atom stereocenters. The van der Waals surface area contributed by atoms with Crippen LogP contribution in [0.25, 0.3) is 0 Å². The number of piperazine rings is 1. The Labute approximate surface area is 136 Å². The summed E-state index contributed by atoms with van der Waals surface area (Å²) in [7, 11) is -2.20. The van der Waals surface area contributed by atoms with E-state index in [1.54, 1.807) is 24.5 Å². The Morgan fingerprint density at radius 3 is 2.61 bits per heavy atom. The van der Waals surface area contributed by atoms with Gasteiger partial charge in [0.2, 0.25) is 0 Å². The zero-order chi connectivity index (χ0) is 16.4. The minimum Gasteiger partial charge on any atom is -0.495 e. The number of methoxy groups -OCH3 is 1. The molecule has 1 aromatic carbocycles. The molecule has 0 saturated carbocycles. The van der Waals surface area contributed by atoms with Crippen LogP contribution >= 0.6 is 0 Å². The van der Waals surface area contributed by atoms with Gasteiger partial charge < -0.3 is 15.0 Å². The van der Waals surface area contributed by atoms with E-state index in [4.69, 9.17) is 4.74 Å². The molecule has 0 aliphatic carbocycles. The summed E-state index contributed by atoms with van der Waals surface area (Å²) in [5.74, 6) is 0.355. The summed E-state index contributed by atoms with van der Waals surface area (Å²) in [6, 6.07) is 6.99. The quantitative estimate of drug-likeness (QED) is 0.916. The Kier molecular flexibility index (Phi) is 4.32. The van der Waals surface area contributed by atoms with Gasteiger partial charge in [-0.05, 0) is 30.7 Å². The predicted octanol–water partition coefficient (Wildman–Crippen LogP) is 1.45. The van der Waals surface area contributed by atoms with Crippen LogP contribution in [-0.2, 0) is 10.0 Å². The highest BCUT2D eigenvalue weighted by molar-refractivity contribution is 7.90. The van der Waals surface area contributed by atoms with Gasteiger partial charge in [0.1, 0.15) is 10.6 Å². The molecule has 1 saturated heterocycles. The molecule has 7 heteroatoms. The van der Waals surface area contributed by atoms with Crippen LogP contribution in [0.5, 0.6) is 5.75 Å². The molecule has 1 fully saturated rings. The van der Waals surface area contributed by atoms with E-state index in [1.165, 1.54) is 11.1 Å². The second kappa shape index (κ2) is 6.25. The van der Waals surface area contributed by atoms with Gasteiger partial charge in [-0.3, -0.25) is 0 Å². The van der Waals surface area contributed by atoms with Crippen LogP contribution in [0.4, 0.5) is 5.69 Å². The molecule has 1 aliphatic heterocycles. The smallest absolute Gasteiger partial charge is 0.271 e. The average Bonchev–Trinajstić information content (AvgIpc) is 3.06. The first-order valence-electron chi connectivity index (χ1n) is 7.56. The minimum atomic E-state index is -3.67. The Morgan fingerprint density at radius 1 is 1.17 bits per heavy atom. The number of anilines is 1. The van der Waals surface area contributed by atoms with Gasteiger partial charge in [-0.1, -0.05) is 6.07 Å². The van der Waals surface area contributed by atoms with Gasteiger partial charge in [0.05, 0.1) is 12.8 Å². The number of aryl methyl sites for hydroxylation is 1. The number of hydrogen-bond donors (Lipinski definition) is 1. The first-order chi connectivity index (χ1) is 11.0. The number of hydrogen-bond acceptors (Lipinski definition) is 5. The van der Waals surface area contributed by atoms with Crippen molar-refractivity contribution >= 4 is 15.7 Å². The van der Waals surface area contributed by atoms with Gasteiger partial charge in [0.25, 0.3) is 10.0 Å². The van der Waals surface area contributed by atoms with Gasteiger partial charge in [-0.2, -0.15) is 0 Å². The molecular formula is C16H21N3O3S. The predicted molar refractivity (Wildman–Crippen MR) is 89.8 cm³/mol. The summed E-state index contributed by atoms with van der Waals surface area (Å²) < 4.78 is 32.3. The van der Waals surface area contributed by atoms with Crippen molar-refractivity contribution in [3.05, 3.63) is 42.2 Å². The molecule has 1 N–H and O–H groups in total. The van der Waals surface area contributed by atoms with Crippen LogP contribution in [0.1, 0.15) is 5.56 Å². The number of nitrogens with zero attached hydrogens (tertiary/aromatic N) is 2. The van der Waals surface area contributed by atoms with Crippen molar-refractivity contribution in [3.8, 4) is 5.75 Å². The first kappa shape index (κ1) is 15.9. The molecule has 0 spiro atoms. The van der Waals surface area contributed by atoms with Crippen molar-refractivity contribution in [2.45, 2.75) is 11.8 Å². The SMILES string of the molecule is COc1ccc(C)cc1S(=O)(=O)n1ccc(N2CCNCC2)c1. The lowest BCUT2D eigenvalue weighted by atomic mass is 10.2. The van der Waals surface area contributed by atoms with Gasteiger partial charge in [0.15, 0.2) is 0 Å². The maximum Gasteiger partial charge on any atom is 0.271 e. The molecule has 0 unspecified atom stereocenters. The molecule has 124 valence electrons. The zero-order valence-corrected chi connectivity index (χ0v) is 14.1. The molecular weight excluding hydrogens is 314 g/mol. The number of nitrogens with one attached hydrogen (secondary N) is 1. The Hall–Kier alpha value is -1.99. The Bertz CT molecular complexity index is 793. The molecule has 0 bridgehead atoms. The number of benzene rings is 1. The second-order valence-corrected chi connectivity index (χ2v) is 7.41. The van der Waals surface area contributed by atoms with E-state index >= 15 is 0 Å². The van der Waals surface area contributed by atoms with E-state index in [1.807, 2.05) is 19.1 Å².